The van der Waals surface area contributed by atoms with E-state index in [1.165, 1.54) is 49.9 Å². The van der Waals surface area contributed by atoms with Gasteiger partial charge in [-0.2, -0.15) is 0 Å². The van der Waals surface area contributed by atoms with E-state index in [0.717, 1.165) is 11.7 Å². The molecule has 3 rings (SSSR count). The van der Waals surface area contributed by atoms with Crippen molar-refractivity contribution in [2.45, 2.75) is 44.2 Å². The van der Waals surface area contributed by atoms with Crippen LogP contribution in [0.5, 0.6) is 0 Å². The summed E-state index contributed by atoms with van der Waals surface area (Å²) in [5.74, 6) is 0. The number of fused-ring (bicyclic) bond motifs is 1. The lowest BCUT2D eigenvalue weighted by molar-refractivity contribution is 0.150. The molecule has 2 heterocycles. The molecule has 2 atom stereocenters. The topological polar surface area (TPSA) is 6.48 Å². The number of likely N-dealkylation sites (N-methyl/N-ethyl adjacent to an activating group) is 1. The molecule has 0 unspecified atom stereocenters. The number of allylic oxidation sites excluding steroid dienone is 1. The average molecular weight is 282 g/mol. The molecule has 21 heavy (non-hydrogen) atoms. The summed E-state index contributed by atoms with van der Waals surface area (Å²) in [6.45, 7) is 9.07. The molecule has 112 valence electrons. The third-order valence-electron chi connectivity index (χ3n) is 5.18. The molecule has 0 saturated carbocycles. The van der Waals surface area contributed by atoms with Crippen LogP contribution >= 0.6 is 0 Å². The van der Waals surface area contributed by atoms with Crippen molar-refractivity contribution in [1.29, 1.82) is 0 Å². The monoisotopic (exact) mass is 282 g/mol. The average Bonchev–Trinajstić information content (AvgIpc) is 2.97. The lowest BCUT2D eigenvalue weighted by Gasteiger charge is -2.34. The van der Waals surface area contributed by atoms with Crippen LogP contribution in [0, 0.1) is 0 Å². The van der Waals surface area contributed by atoms with Crippen LogP contribution in [0.25, 0.3) is 0 Å². The highest BCUT2D eigenvalue weighted by Gasteiger charge is 2.35. The third-order valence-corrected chi connectivity index (χ3v) is 5.18. The molecule has 1 aromatic rings. The predicted octanol–water partition coefficient (Wildman–Crippen LogP) is 4.51. The van der Waals surface area contributed by atoms with Gasteiger partial charge < -0.3 is 4.90 Å². The molecule has 2 saturated heterocycles. The fourth-order valence-electron chi connectivity index (χ4n) is 3.84. The van der Waals surface area contributed by atoms with Gasteiger partial charge in [0.25, 0.3) is 0 Å². The molecule has 0 spiro atoms. The number of piperidine rings is 1. The molecule has 0 bridgehead atoms. The van der Waals surface area contributed by atoms with Gasteiger partial charge in [-0.25, -0.2) is 0 Å². The van der Waals surface area contributed by atoms with E-state index in [2.05, 4.69) is 47.2 Å². The highest BCUT2D eigenvalue weighted by molar-refractivity contribution is 5.53. The Morgan fingerprint density at radius 2 is 1.95 bits per heavy atom. The maximum absolute atomic E-state index is 4.00. The zero-order chi connectivity index (χ0) is 14.8. The molecule has 0 radical (unpaired) electrons. The quantitative estimate of drug-likeness (QED) is 0.750. The van der Waals surface area contributed by atoms with E-state index >= 15 is 0 Å². The second-order valence-corrected chi connectivity index (χ2v) is 6.33. The highest BCUT2D eigenvalue weighted by atomic mass is 15.2. The Labute approximate surface area is 128 Å². The van der Waals surface area contributed by atoms with E-state index in [0.29, 0.717) is 6.04 Å². The van der Waals surface area contributed by atoms with Crippen molar-refractivity contribution in [1.82, 2.24) is 4.90 Å². The molecule has 0 N–H and O–H groups in total. The molecule has 2 nitrogen and oxygen atoms in total. The van der Waals surface area contributed by atoms with E-state index in [4.69, 9.17) is 0 Å². The van der Waals surface area contributed by atoms with Crippen LogP contribution in [0.4, 0.5) is 5.69 Å². The molecular formula is C19H26N2. The van der Waals surface area contributed by atoms with Gasteiger partial charge in [-0.1, -0.05) is 31.7 Å². The summed E-state index contributed by atoms with van der Waals surface area (Å²) < 4.78 is 0. The Morgan fingerprint density at radius 3 is 2.67 bits per heavy atom. The Bertz CT molecular complexity index is 517. The zero-order valence-corrected chi connectivity index (χ0v) is 13.1. The number of nitrogens with zero attached hydrogens (tertiary/aromatic N) is 2. The number of benzene rings is 1. The summed E-state index contributed by atoms with van der Waals surface area (Å²) in [4.78, 5) is 4.82. The SMILES string of the molecule is C=CC(=C)N(C)c1ccc([C@H]2CC[C@H]3CCCCN32)cc1. The number of hydrogen-bond donors (Lipinski definition) is 0. The molecule has 0 aliphatic carbocycles. The van der Waals surface area contributed by atoms with E-state index in [-0.39, 0.29) is 0 Å². The Morgan fingerprint density at radius 1 is 1.19 bits per heavy atom. The van der Waals surface area contributed by atoms with Gasteiger partial charge >= 0.3 is 0 Å². The summed E-state index contributed by atoms with van der Waals surface area (Å²) in [5.41, 5.74) is 3.58. The smallest absolute Gasteiger partial charge is 0.0408 e. The van der Waals surface area contributed by atoms with E-state index in [1.54, 1.807) is 6.08 Å². The van der Waals surface area contributed by atoms with Crippen LogP contribution < -0.4 is 4.90 Å². The zero-order valence-electron chi connectivity index (χ0n) is 13.1. The molecule has 2 heteroatoms. The van der Waals surface area contributed by atoms with Crippen LogP contribution in [0.1, 0.15) is 43.7 Å². The Hall–Kier alpha value is -1.54. The lowest BCUT2D eigenvalue weighted by Crippen LogP contribution is -2.35. The first-order valence-corrected chi connectivity index (χ1v) is 8.11. The minimum atomic E-state index is 0.636. The van der Waals surface area contributed by atoms with Gasteiger partial charge in [-0.05, 0) is 56.0 Å². The maximum Gasteiger partial charge on any atom is 0.0408 e. The molecule has 0 aromatic heterocycles. The molecular weight excluding hydrogens is 256 g/mol. The summed E-state index contributed by atoms with van der Waals surface area (Å²) in [7, 11) is 2.04. The van der Waals surface area contributed by atoms with Crippen molar-refractivity contribution in [2.24, 2.45) is 0 Å². The van der Waals surface area contributed by atoms with Crippen LogP contribution in [0.15, 0.2) is 49.2 Å². The van der Waals surface area contributed by atoms with Crippen LogP contribution in [-0.2, 0) is 0 Å². The number of hydrogen-bond acceptors (Lipinski definition) is 2. The number of rotatable bonds is 4. The van der Waals surface area contributed by atoms with Gasteiger partial charge in [-0.3, -0.25) is 4.90 Å². The fraction of sp³-hybridized carbons (Fsp3) is 0.474. The largest absolute Gasteiger partial charge is 0.345 e. The highest BCUT2D eigenvalue weighted by Crippen LogP contribution is 2.40. The molecule has 1 aromatic carbocycles. The Kier molecular flexibility index (Phi) is 4.16. The van der Waals surface area contributed by atoms with Crippen molar-refractivity contribution >= 4 is 5.69 Å². The third kappa shape index (κ3) is 2.77. The standard InChI is InChI=1S/C19H26N2/c1-4-15(2)20(3)17-10-8-16(9-11-17)19-13-12-18-7-5-6-14-21(18)19/h4,8-11,18-19H,1-2,5-7,12-14H2,3H3/t18-,19-/m1/s1. The maximum atomic E-state index is 4.00. The molecule has 0 amide bonds. The first kappa shape index (κ1) is 14.4. The number of anilines is 1. The van der Waals surface area contributed by atoms with Crippen LogP contribution in [0.2, 0.25) is 0 Å². The predicted molar refractivity (Wildman–Crippen MR) is 90.5 cm³/mol. The van der Waals surface area contributed by atoms with Gasteiger partial charge in [0.15, 0.2) is 0 Å². The first-order chi connectivity index (χ1) is 10.2. The van der Waals surface area contributed by atoms with Gasteiger partial charge in [0, 0.05) is 30.5 Å². The first-order valence-electron chi connectivity index (χ1n) is 8.11. The summed E-state index contributed by atoms with van der Waals surface area (Å²) in [6, 6.07) is 10.5. The second kappa shape index (κ2) is 6.07. The van der Waals surface area contributed by atoms with Crippen molar-refractivity contribution < 1.29 is 0 Å². The van der Waals surface area contributed by atoms with Gasteiger partial charge in [0.2, 0.25) is 0 Å². The summed E-state index contributed by atoms with van der Waals surface area (Å²) in [6.07, 6.45) is 8.67. The lowest BCUT2D eigenvalue weighted by atomic mass is 10.0. The van der Waals surface area contributed by atoms with Gasteiger partial charge in [0.1, 0.15) is 0 Å². The van der Waals surface area contributed by atoms with Crippen LogP contribution in [-0.4, -0.2) is 24.5 Å². The molecule has 2 aliphatic heterocycles. The molecule has 2 fully saturated rings. The van der Waals surface area contributed by atoms with E-state index in [1.807, 2.05) is 7.05 Å². The van der Waals surface area contributed by atoms with Crippen molar-refractivity contribution in [3.05, 3.63) is 54.8 Å². The van der Waals surface area contributed by atoms with Crippen LogP contribution in [0.3, 0.4) is 0 Å². The summed E-state index contributed by atoms with van der Waals surface area (Å²) >= 11 is 0. The molecule has 2 aliphatic rings. The van der Waals surface area contributed by atoms with Gasteiger partial charge in [-0.15, -0.1) is 0 Å². The van der Waals surface area contributed by atoms with E-state index < -0.39 is 0 Å². The summed E-state index contributed by atoms with van der Waals surface area (Å²) in [5, 5.41) is 0. The van der Waals surface area contributed by atoms with Gasteiger partial charge in [0.05, 0.1) is 0 Å². The van der Waals surface area contributed by atoms with Crippen molar-refractivity contribution in [3.8, 4) is 0 Å². The minimum absolute atomic E-state index is 0.636. The second-order valence-electron chi connectivity index (χ2n) is 6.33. The fourth-order valence-corrected chi connectivity index (χ4v) is 3.84. The van der Waals surface area contributed by atoms with E-state index in [9.17, 15) is 0 Å². The van der Waals surface area contributed by atoms with Crippen molar-refractivity contribution in [3.63, 3.8) is 0 Å². The Balaban J connectivity index is 1.75. The van der Waals surface area contributed by atoms with Crippen molar-refractivity contribution in [2.75, 3.05) is 18.5 Å². The normalized spacial score (nSPS) is 25.4. The minimum Gasteiger partial charge on any atom is -0.345 e.